The number of carbonyl (C=O) groups excluding carboxylic acids is 1. The van der Waals surface area contributed by atoms with Crippen molar-refractivity contribution in [1.82, 2.24) is 25.1 Å². The molecule has 7 nitrogen and oxygen atoms in total. The molecule has 0 aliphatic heterocycles. The summed E-state index contributed by atoms with van der Waals surface area (Å²) in [7, 11) is 0. The third-order valence-electron chi connectivity index (χ3n) is 3.95. The Bertz CT molecular complexity index is 922. The number of nitrogens with zero attached hydrogens (tertiary/aromatic N) is 4. The zero-order valence-corrected chi connectivity index (χ0v) is 16.4. The number of rotatable bonds is 7. The highest BCUT2D eigenvalue weighted by atomic mass is 32.2. The third kappa shape index (κ3) is 4.85. The van der Waals surface area contributed by atoms with Crippen LogP contribution in [0.3, 0.4) is 0 Å². The average molecular weight is 382 g/mol. The normalized spacial score (nSPS) is 10.6. The minimum absolute atomic E-state index is 0.0875. The largest absolute Gasteiger partial charge is 0.368 e. The van der Waals surface area contributed by atoms with Crippen LogP contribution in [0.4, 0.5) is 5.82 Å². The van der Waals surface area contributed by atoms with Crippen molar-refractivity contribution in [3.8, 4) is 5.82 Å². The van der Waals surface area contributed by atoms with Gasteiger partial charge in [0.15, 0.2) is 5.82 Å². The standard InChI is InChI=1S/C19H22N6OS/c1-13-10-14(2)25(24-13)18-11-17(22-12-23-18)20-8-9-21-19(26)15-4-6-16(27-3)7-5-15/h4-7,10-12H,8-9H2,1-3H3,(H,21,26)(H,20,22,23). The summed E-state index contributed by atoms with van der Waals surface area (Å²) in [6.07, 6.45) is 3.51. The molecule has 8 heteroatoms. The van der Waals surface area contributed by atoms with Gasteiger partial charge < -0.3 is 10.6 Å². The van der Waals surface area contributed by atoms with Crippen molar-refractivity contribution < 1.29 is 4.79 Å². The van der Waals surface area contributed by atoms with Crippen LogP contribution in [-0.2, 0) is 0 Å². The van der Waals surface area contributed by atoms with E-state index in [0.29, 0.717) is 30.3 Å². The molecule has 0 saturated carbocycles. The number of aromatic nitrogens is 4. The zero-order valence-electron chi connectivity index (χ0n) is 15.6. The second-order valence-electron chi connectivity index (χ2n) is 6.01. The van der Waals surface area contributed by atoms with Crippen molar-refractivity contribution in [2.75, 3.05) is 24.7 Å². The van der Waals surface area contributed by atoms with Crippen LogP contribution in [-0.4, -0.2) is 45.0 Å². The smallest absolute Gasteiger partial charge is 0.251 e. The van der Waals surface area contributed by atoms with Crippen LogP contribution in [0.25, 0.3) is 5.82 Å². The Morgan fingerprint density at radius 2 is 1.89 bits per heavy atom. The van der Waals surface area contributed by atoms with E-state index in [1.807, 2.05) is 56.5 Å². The van der Waals surface area contributed by atoms with E-state index in [4.69, 9.17) is 0 Å². The monoisotopic (exact) mass is 382 g/mol. The van der Waals surface area contributed by atoms with Gasteiger partial charge in [0.1, 0.15) is 12.1 Å². The van der Waals surface area contributed by atoms with Gasteiger partial charge in [0.25, 0.3) is 5.91 Å². The van der Waals surface area contributed by atoms with E-state index in [0.717, 1.165) is 16.3 Å². The first-order chi connectivity index (χ1) is 13.1. The molecule has 140 valence electrons. The molecular weight excluding hydrogens is 360 g/mol. The number of nitrogens with one attached hydrogen (secondary N) is 2. The van der Waals surface area contributed by atoms with E-state index < -0.39 is 0 Å². The Morgan fingerprint density at radius 1 is 1.11 bits per heavy atom. The lowest BCUT2D eigenvalue weighted by molar-refractivity contribution is 0.0955. The summed E-state index contributed by atoms with van der Waals surface area (Å²) in [6, 6.07) is 11.4. The molecule has 0 saturated heterocycles. The predicted molar refractivity (Wildman–Crippen MR) is 108 cm³/mol. The minimum atomic E-state index is -0.0875. The molecule has 3 rings (SSSR count). The van der Waals surface area contributed by atoms with Crippen LogP contribution >= 0.6 is 11.8 Å². The fraction of sp³-hybridized carbons (Fsp3) is 0.263. The number of amides is 1. The van der Waals surface area contributed by atoms with E-state index in [1.165, 1.54) is 6.33 Å². The van der Waals surface area contributed by atoms with Gasteiger partial charge in [-0.2, -0.15) is 5.10 Å². The molecule has 1 aromatic carbocycles. The van der Waals surface area contributed by atoms with E-state index in [2.05, 4.69) is 25.7 Å². The molecule has 0 aliphatic rings. The average Bonchev–Trinajstić information content (AvgIpc) is 3.03. The van der Waals surface area contributed by atoms with Crippen LogP contribution in [0.1, 0.15) is 21.7 Å². The number of hydrogen-bond acceptors (Lipinski definition) is 6. The van der Waals surface area contributed by atoms with Gasteiger partial charge in [-0.15, -0.1) is 11.8 Å². The summed E-state index contributed by atoms with van der Waals surface area (Å²) in [5.74, 6) is 1.30. The van der Waals surface area contributed by atoms with Gasteiger partial charge in [-0.1, -0.05) is 0 Å². The van der Waals surface area contributed by atoms with Gasteiger partial charge in [-0.05, 0) is 50.4 Å². The topological polar surface area (TPSA) is 84.7 Å². The molecular formula is C19H22N6OS. The number of hydrogen-bond donors (Lipinski definition) is 2. The summed E-state index contributed by atoms with van der Waals surface area (Å²) in [6.45, 7) is 4.97. The molecule has 0 bridgehead atoms. The summed E-state index contributed by atoms with van der Waals surface area (Å²) >= 11 is 1.65. The molecule has 1 amide bonds. The molecule has 3 aromatic rings. The lowest BCUT2D eigenvalue weighted by Crippen LogP contribution is -2.28. The van der Waals surface area contributed by atoms with Crippen molar-refractivity contribution >= 4 is 23.5 Å². The van der Waals surface area contributed by atoms with Crippen LogP contribution in [0.5, 0.6) is 0 Å². The molecule has 2 N–H and O–H groups in total. The van der Waals surface area contributed by atoms with E-state index >= 15 is 0 Å². The first-order valence-electron chi connectivity index (χ1n) is 8.58. The lowest BCUT2D eigenvalue weighted by atomic mass is 10.2. The zero-order chi connectivity index (χ0) is 19.2. The highest BCUT2D eigenvalue weighted by Crippen LogP contribution is 2.15. The quantitative estimate of drug-likeness (QED) is 0.483. The Morgan fingerprint density at radius 3 is 2.56 bits per heavy atom. The number of carbonyl (C=O) groups is 1. The van der Waals surface area contributed by atoms with Crippen LogP contribution in [0.2, 0.25) is 0 Å². The van der Waals surface area contributed by atoms with Crippen LogP contribution in [0, 0.1) is 13.8 Å². The SMILES string of the molecule is CSc1ccc(C(=O)NCCNc2cc(-n3nc(C)cc3C)ncn2)cc1. The van der Waals surface area contributed by atoms with Crippen molar-refractivity contribution in [3.05, 3.63) is 59.7 Å². The maximum absolute atomic E-state index is 12.2. The van der Waals surface area contributed by atoms with Crippen molar-refractivity contribution in [3.63, 3.8) is 0 Å². The summed E-state index contributed by atoms with van der Waals surface area (Å²) in [4.78, 5) is 21.8. The Kier molecular flexibility index (Phi) is 6.08. The van der Waals surface area contributed by atoms with E-state index in [-0.39, 0.29) is 5.91 Å². The molecule has 2 aromatic heterocycles. The molecule has 27 heavy (non-hydrogen) atoms. The molecule has 0 unspecified atom stereocenters. The van der Waals surface area contributed by atoms with Gasteiger partial charge >= 0.3 is 0 Å². The van der Waals surface area contributed by atoms with Crippen LogP contribution in [0.15, 0.2) is 47.6 Å². The first-order valence-corrected chi connectivity index (χ1v) is 9.81. The van der Waals surface area contributed by atoms with Crippen molar-refractivity contribution in [2.24, 2.45) is 0 Å². The van der Waals surface area contributed by atoms with Gasteiger partial charge in [-0.25, -0.2) is 14.6 Å². The number of aryl methyl sites for hydroxylation is 2. The van der Waals surface area contributed by atoms with Gasteiger partial charge in [-0.3, -0.25) is 4.79 Å². The number of thioether (sulfide) groups is 1. The number of benzene rings is 1. The van der Waals surface area contributed by atoms with Crippen molar-refractivity contribution in [1.29, 1.82) is 0 Å². The Balaban J connectivity index is 1.52. The fourth-order valence-electron chi connectivity index (χ4n) is 2.63. The summed E-state index contributed by atoms with van der Waals surface area (Å²) in [5.41, 5.74) is 2.60. The molecule has 0 aliphatic carbocycles. The van der Waals surface area contributed by atoms with Gasteiger partial charge in [0.2, 0.25) is 0 Å². The lowest BCUT2D eigenvalue weighted by Gasteiger charge is -2.09. The molecule has 0 spiro atoms. The first kappa shape index (κ1) is 18.9. The molecule has 0 atom stereocenters. The van der Waals surface area contributed by atoms with Crippen LogP contribution < -0.4 is 10.6 Å². The highest BCUT2D eigenvalue weighted by Gasteiger charge is 2.07. The fourth-order valence-corrected chi connectivity index (χ4v) is 3.04. The van der Waals surface area contributed by atoms with E-state index in [1.54, 1.807) is 16.4 Å². The van der Waals surface area contributed by atoms with E-state index in [9.17, 15) is 4.79 Å². The second-order valence-corrected chi connectivity index (χ2v) is 6.89. The van der Waals surface area contributed by atoms with Gasteiger partial charge in [0, 0.05) is 35.3 Å². The highest BCUT2D eigenvalue weighted by molar-refractivity contribution is 7.98. The third-order valence-corrected chi connectivity index (χ3v) is 4.69. The Hall–Kier alpha value is -2.87. The Labute approximate surface area is 162 Å². The minimum Gasteiger partial charge on any atom is -0.368 e. The summed E-state index contributed by atoms with van der Waals surface area (Å²) in [5, 5.41) is 10.5. The maximum atomic E-state index is 12.2. The predicted octanol–water partition coefficient (Wildman–Crippen LogP) is 2.84. The number of anilines is 1. The molecule has 0 radical (unpaired) electrons. The van der Waals surface area contributed by atoms with Gasteiger partial charge in [0.05, 0.1) is 5.69 Å². The second kappa shape index (κ2) is 8.68. The molecule has 0 fully saturated rings. The molecule has 2 heterocycles. The maximum Gasteiger partial charge on any atom is 0.251 e. The van der Waals surface area contributed by atoms with Crippen molar-refractivity contribution in [2.45, 2.75) is 18.7 Å². The summed E-state index contributed by atoms with van der Waals surface area (Å²) < 4.78 is 1.78.